The van der Waals surface area contributed by atoms with Crippen LogP contribution in [0.3, 0.4) is 0 Å². The zero-order valence-electron chi connectivity index (χ0n) is 14.4. The summed E-state index contributed by atoms with van der Waals surface area (Å²) >= 11 is 1.45. The lowest BCUT2D eigenvalue weighted by molar-refractivity contribution is -0.0498. The first-order valence-corrected chi connectivity index (χ1v) is 9.19. The number of nitrogens with zero attached hydrogens (tertiary/aromatic N) is 2. The van der Waals surface area contributed by atoms with Crippen molar-refractivity contribution in [3.8, 4) is 38.7 Å². The number of ether oxygens (including phenoxy) is 1. The highest BCUT2D eigenvalue weighted by Gasteiger charge is 2.13. The number of alkyl halides is 2. The van der Waals surface area contributed by atoms with Gasteiger partial charge in [0.2, 0.25) is 0 Å². The Morgan fingerprint density at radius 2 is 1.57 bits per heavy atom. The predicted molar refractivity (Wildman–Crippen MR) is 103 cm³/mol. The molecule has 2 aromatic heterocycles. The quantitative estimate of drug-likeness (QED) is 0.397. The molecule has 0 radical (unpaired) electrons. The number of hydrogen-bond acceptors (Lipinski definition) is 4. The van der Waals surface area contributed by atoms with Crippen LogP contribution in [0.2, 0.25) is 0 Å². The van der Waals surface area contributed by atoms with E-state index < -0.39 is 6.61 Å². The minimum atomic E-state index is -2.85. The summed E-state index contributed by atoms with van der Waals surface area (Å²) in [5.41, 5.74) is 4.11. The van der Waals surface area contributed by atoms with E-state index in [4.69, 9.17) is 0 Å². The molecule has 0 unspecified atom stereocenters. The first-order valence-electron chi connectivity index (χ1n) is 8.31. The molecule has 4 aromatic rings. The number of pyridine rings is 1. The van der Waals surface area contributed by atoms with Gasteiger partial charge in [0.05, 0.1) is 5.69 Å². The number of thiazole rings is 1. The number of benzene rings is 2. The summed E-state index contributed by atoms with van der Waals surface area (Å²) < 4.78 is 42.2. The van der Waals surface area contributed by atoms with Crippen LogP contribution in [-0.2, 0) is 0 Å². The molecule has 4 rings (SSSR count). The third-order valence-electron chi connectivity index (χ3n) is 4.09. The second kappa shape index (κ2) is 7.82. The van der Waals surface area contributed by atoms with Crippen molar-refractivity contribution in [2.45, 2.75) is 6.61 Å². The van der Waals surface area contributed by atoms with Gasteiger partial charge in [-0.3, -0.25) is 4.98 Å². The Morgan fingerprint density at radius 3 is 2.29 bits per heavy atom. The van der Waals surface area contributed by atoms with E-state index in [9.17, 15) is 13.2 Å². The number of aromatic nitrogens is 2. The molecule has 0 saturated carbocycles. The van der Waals surface area contributed by atoms with Crippen molar-refractivity contribution in [1.29, 1.82) is 0 Å². The largest absolute Gasteiger partial charge is 0.435 e. The molecule has 0 saturated heterocycles. The fraction of sp³-hybridized carbons (Fsp3) is 0.0476. The Labute approximate surface area is 163 Å². The molecule has 0 amide bonds. The van der Waals surface area contributed by atoms with E-state index in [0.717, 1.165) is 33.0 Å². The van der Waals surface area contributed by atoms with Crippen molar-refractivity contribution in [2.24, 2.45) is 0 Å². The molecule has 2 heterocycles. The van der Waals surface area contributed by atoms with Gasteiger partial charge in [-0.05, 0) is 53.6 Å². The zero-order valence-corrected chi connectivity index (χ0v) is 15.2. The van der Waals surface area contributed by atoms with Gasteiger partial charge in [-0.2, -0.15) is 8.78 Å². The van der Waals surface area contributed by atoms with E-state index in [2.05, 4.69) is 14.7 Å². The molecular formula is C21H13F3N2OS. The number of hydrogen-bond donors (Lipinski definition) is 0. The smallest absolute Gasteiger partial charge is 0.387 e. The summed E-state index contributed by atoms with van der Waals surface area (Å²) in [5, 5.41) is 2.65. The predicted octanol–water partition coefficient (Wildman–Crippen LogP) is 6.28. The van der Waals surface area contributed by atoms with Crippen LogP contribution < -0.4 is 4.74 Å². The highest BCUT2D eigenvalue weighted by Crippen LogP contribution is 2.35. The molecule has 28 heavy (non-hydrogen) atoms. The maximum atomic E-state index is 13.2. The average Bonchev–Trinajstić information content (AvgIpc) is 3.19. The number of rotatable bonds is 5. The summed E-state index contributed by atoms with van der Waals surface area (Å²) in [6, 6.07) is 14.4. The first-order chi connectivity index (χ1) is 13.6. The standard InChI is InChI=1S/C21H13F3N2OS/c22-15-5-1-13(2-6-15)17-9-10-25-11-18(17)20-26-19(12-28-20)14-3-7-16(8-4-14)27-21(23)24/h1-12,21H. The van der Waals surface area contributed by atoms with E-state index in [1.807, 2.05) is 11.4 Å². The second-order valence-corrected chi connectivity index (χ2v) is 6.73. The Morgan fingerprint density at radius 1 is 0.857 bits per heavy atom. The molecule has 140 valence electrons. The molecule has 3 nitrogen and oxygen atoms in total. The molecule has 2 aromatic carbocycles. The van der Waals surface area contributed by atoms with Gasteiger partial charge in [0, 0.05) is 28.9 Å². The van der Waals surface area contributed by atoms with Crippen LogP contribution in [0.4, 0.5) is 13.2 Å². The Balaban J connectivity index is 1.66. The van der Waals surface area contributed by atoms with Gasteiger partial charge in [-0.25, -0.2) is 9.37 Å². The van der Waals surface area contributed by atoms with E-state index in [1.165, 1.54) is 35.6 Å². The zero-order chi connectivity index (χ0) is 19.5. The summed E-state index contributed by atoms with van der Waals surface area (Å²) in [4.78, 5) is 8.85. The van der Waals surface area contributed by atoms with Crippen molar-refractivity contribution in [2.75, 3.05) is 0 Å². The first kappa shape index (κ1) is 18.2. The second-order valence-electron chi connectivity index (χ2n) is 5.87. The van der Waals surface area contributed by atoms with Gasteiger partial charge in [0.15, 0.2) is 0 Å². The highest BCUT2D eigenvalue weighted by atomic mass is 32.1. The minimum absolute atomic E-state index is 0.0973. The molecular weight excluding hydrogens is 385 g/mol. The van der Waals surface area contributed by atoms with E-state index >= 15 is 0 Å². The van der Waals surface area contributed by atoms with E-state index in [-0.39, 0.29) is 11.6 Å². The van der Waals surface area contributed by atoms with Gasteiger partial charge in [0.1, 0.15) is 16.6 Å². The highest BCUT2D eigenvalue weighted by molar-refractivity contribution is 7.13. The van der Waals surface area contributed by atoms with Crippen molar-refractivity contribution in [3.63, 3.8) is 0 Å². The van der Waals surface area contributed by atoms with E-state index in [1.54, 1.807) is 36.7 Å². The average molecular weight is 398 g/mol. The molecule has 0 aliphatic rings. The van der Waals surface area contributed by atoms with Gasteiger partial charge in [0.25, 0.3) is 0 Å². The third kappa shape index (κ3) is 3.89. The lowest BCUT2D eigenvalue weighted by atomic mass is 10.0. The summed E-state index contributed by atoms with van der Waals surface area (Å²) in [5.74, 6) is -0.199. The molecule has 0 bridgehead atoms. The van der Waals surface area contributed by atoms with Crippen molar-refractivity contribution >= 4 is 11.3 Å². The topological polar surface area (TPSA) is 35.0 Å². The van der Waals surface area contributed by atoms with Crippen LogP contribution >= 0.6 is 11.3 Å². The number of halogens is 3. The molecule has 0 atom stereocenters. The fourth-order valence-corrected chi connectivity index (χ4v) is 3.64. The molecule has 0 N–H and O–H groups in total. The maximum Gasteiger partial charge on any atom is 0.387 e. The van der Waals surface area contributed by atoms with Gasteiger partial charge < -0.3 is 4.74 Å². The summed E-state index contributed by atoms with van der Waals surface area (Å²) in [6.07, 6.45) is 3.40. The van der Waals surface area contributed by atoms with Crippen LogP contribution in [0.1, 0.15) is 0 Å². The van der Waals surface area contributed by atoms with Crippen LogP contribution in [0.5, 0.6) is 5.75 Å². The van der Waals surface area contributed by atoms with Crippen LogP contribution in [-0.4, -0.2) is 16.6 Å². The lowest BCUT2D eigenvalue weighted by Crippen LogP contribution is -2.01. The molecule has 0 aliphatic heterocycles. The molecule has 0 fully saturated rings. The summed E-state index contributed by atoms with van der Waals surface area (Å²) in [6.45, 7) is -2.85. The van der Waals surface area contributed by atoms with Crippen molar-refractivity contribution < 1.29 is 17.9 Å². The summed E-state index contributed by atoms with van der Waals surface area (Å²) in [7, 11) is 0. The third-order valence-corrected chi connectivity index (χ3v) is 4.96. The minimum Gasteiger partial charge on any atom is -0.435 e. The van der Waals surface area contributed by atoms with Gasteiger partial charge in [-0.15, -0.1) is 11.3 Å². The van der Waals surface area contributed by atoms with Crippen molar-refractivity contribution in [1.82, 2.24) is 9.97 Å². The monoisotopic (exact) mass is 398 g/mol. The lowest BCUT2D eigenvalue weighted by Gasteiger charge is -2.07. The van der Waals surface area contributed by atoms with Crippen LogP contribution in [0, 0.1) is 5.82 Å². The SMILES string of the molecule is Fc1ccc(-c2ccncc2-c2nc(-c3ccc(OC(F)F)cc3)cs2)cc1. The molecule has 0 aliphatic carbocycles. The molecule has 0 spiro atoms. The van der Waals surface area contributed by atoms with Crippen LogP contribution in [0.15, 0.2) is 72.4 Å². The van der Waals surface area contributed by atoms with Gasteiger partial charge in [-0.1, -0.05) is 12.1 Å². The van der Waals surface area contributed by atoms with Gasteiger partial charge >= 0.3 is 6.61 Å². The van der Waals surface area contributed by atoms with Crippen LogP contribution in [0.25, 0.3) is 33.0 Å². The normalized spacial score (nSPS) is 11.0. The van der Waals surface area contributed by atoms with Crippen molar-refractivity contribution in [3.05, 3.63) is 78.2 Å². The van der Waals surface area contributed by atoms with E-state index in [0.29, 0.717) is 0 Å². The Bertz CT molecular complexity index is 1080. The Hall–Kier alpha value is -3.19. The fourth-order valence-electron chi connectivity index (χ4n) is 2.78. The Kier molecular flexibility index (Phi) is 5.08. The maximum absolute atomic E-state index is 13.2. The molecule has 7 heteroatoms.